The van der Waals surface area contributed by atoms with Crippen molar-refractivity contribution in [2.75, 3.05) is 32.1 Å². The van der Waals surface area contributed by atoms with Crippen LogP contribution in [0, 0.1) is 6.92 Å². The highest BCUT2D eigenvalue weighted by Gasteiger charge is 2.32. The molecule has 1 aliphatic heterocycles. The Labute approximate surface area is 206 Å². The van der Waals surface area contributed by atoms with Crippen LogP contribution in [0.4, 0.5) is 5.69 Å². The van der Waals surface area contributed by atoms with E-state index in [0.29, 0.717) is 29.3 Å². The summed E-state index contributed by atoms with van der Waals surface area (Å²) < 4.78 is 38.1. The smallest absolute Gasteiger partial charge is 0.264 e. The summed E-state index contributed by atoms with van der Waals surface area (Å²) in [5, 5.41) is 0. The fourth-order valence-corrected chi connectivity index (χ4v) is 5.61. The lowest BCUT2D eigenvalue weighted by atomic mass is 10.0. The minimum atomic E-state index is -3.70. The van der Waals surface area contributed by atoms with Crippen LogP contribution < -0.4 is 13.8 Å². The molecule has 3 aromatic rings. The van der Waals surface area contributed by atoms with E-state index in [1.54, 1.807) is 62.8 Å². The standard InChI is InChI=1S/C27H30N2O5S/c1-19-7-14-23(15-8-19)35(31,32)28(2)21-11-9-20(10-12-21)27(30)29-17-5-6-25(29)24-16-13-22(33-3)18-26(24)34-4/h7-16,18,25H,5-6,17H2,1-4H3. The van der Waals surface area contributed by atoms with E-state index < -0.39 is 10.0 Å². The van der Waals surface area contributed by atoms with Gasteiger partial charge >= 0.3 is 0 Å². The number of benzene rings is 3. The quantitative estimate of drug-likeness (QED) is 0.471. The Balaban J connectivity index is 1.55. The first-order chi connectivity index (χ1) is 16.8. The van der Waals surface area contributed by atoms with Gasteiger partial charge in [0.2, 0.25) is 0 Å². The average molecular weight is 495 g/mol. The lowest BCUT2D eigenvalue weighted by Gasteiger charge is -2.27. The topological polar surface area (TPSA) is 76.2 Å². The molecule has 35 heavy (non-hydrogen) atoms. The number of amides is 1. The van der Waals surface area contributed by atoms with Gasteiger partial charge in [-0.2, -0.15) is 0 Å². The molecule has 1 atom stereocenters. The minimum absolute atomic E-state index is 0.0963. The third kappa shape index (κ3) is 4.84. The lowest BCUT2D eigenvalue weighted by molar-refractivity contribution is 0.0734. The molecule has 1 amide bonds. The third-order valence-electron chi connectivity index (χ3n) is 6.47. The Kier molecular flexibility index (Phi) is 7.03. The van der Waals surface area contributed by atoms with Gasteiger partial charge in [-0.15, -0.1) is 0 Å². The number of carbonyl (C=O) groups is 1. The molecule has 0 spiro atoms. The molecule has 4 rings (SSSR count). The van der Waals surface area contributed by atoms with Gasteiger partial charge in [0.05, 0.1) is 30.8 Å². The first kappa shape index (κ1) is 24.6. The summed E-state index contributed by atoms with van der Waals surface area (Å²) >= 11 is 0. The minimum Gasteiger partial charge on any atom is -0.497 e. The van der Waals surface area contributed by atoms with Crippen LogP contribution in [-0.4, -0.2) is 47.0 Å². The Hall–Kier alpha value is -3.52. The van der Waals surface area contributed by atoms with Crippen LogP contribution in [0.15, 0.2) is 71.6 Å². The van der Waals surface area contributed by atoms with Crippen LogP contribution in [0.5, 0.6) is 11.5 Å². The molecule has 1 unspecified atom stereocenters. The molecular formula is C27H30N2O5S. The molecule has 1 heterocycles. The fraction of sp³-hybridized carbons (Fsp3) is 0.296. The van der Waals surface area contributed by atoms with Gasteiger partial charge in [-0.05, 0) is 68.3 Å². The Morgan fingerprint density at radius 1 is 0.971 bits per heavy atom. The zero-order valence-corrected chi connectivity index (χ0v) is 21.2. The lowest BCUT2D eigenvalue weighted by Crippen LogP contribution is -2.31. The van der Waals surface area contributed by atoms with Crippen molar-refractivity contribution < 1.29 is 22.7 Å². The van der Waals surface area contributed by atoms with Crippen LogP contribution in [0.2, 0.25) is 0 Å². The van der Waals surface area contributed by atoms with Gasteiger partial charge in [-0.1, -0.05) is 17.7 Å². The van der Waals surface area contributed by atoms with Crippen molar-refractivity contribution in [3.63, 3.8) is 0 Å². The molecule has 0 bridgehead atoms. The summed E-state index contributed by atoms with van der Waals surface area (Å²) in [6, 6.07) is 19.0. The Morgan fingerprint density at radius 2 is 1.66 bits per heavy atom. The maximum atomic E-state index is 13.4. The third-order valence-corrected chi connectivity index (χ3v) is 8.27. The molecule has 0 radical (unpaired) electrons. The number of sulfonamides is 1. The summed E-state index contributed by atoms with van der Waals surface area (Å²) in [6.07, 6.45) is 1.73. The van der Waals surface area contributed by atoms with Crippen LogP contribution in [0.1, 0.15) is 40.4 Å². The first-order valence-corrected chi connectivity index (χ1v) is 12.9. The summed E-state index contributed by atoms with van der Waals surface area (Å²) in [7, 11) is 1.02. The molecule has 0 aliphatic carbocycles. The first-order valence-electron chi connectivity index (χ1n) is 11.4. The summed E-state index contributed by atoms with van der Waals surface area (Å²) in [6.45, 7) is 2.55. The van der Waals surface area contributed by atoms with E-state index in [9.17, 15) is 13.2 Å². The van der Waals surface area contributed by atoms with Crippen LogP contribution in [0.3, 0.4) is 0 Å². The van der Waals surface area contributed by atoms with Gasteiger partial charge in [0.1, 0.15) is 11.5 Å². The fourth-order valence-electron chi connectivity index (χ4n) is 4.41. The number of aryl methyl sites for hydroxylation is 1. The average Bonchev–Trinajstić information content (AvgIpc) is 3.37. The second-order valence-corrected chi connectivity index (χ2v) is 10.6. The Bertz CT molecular complexity index is 1300. The molecule has 8 heteroatoms. The van der Waals surface area contributed by atoms with E-state index >= 15 is 0 Å². The van der Waals surface area contributed by atoms with E-state index in [-0.39, 0.29) is 16.8 Å². The number of nitrogens with zero attached hydrogens (tertiary/aromatic N) is 2. The summed E-state index contributed by atoms with van der Waals surface area (Å²) in [4.78, 5) is 15.5. The molecule has 1 fully saturated rings. The normalized spacial score (nSPS) is 15.7. The number of rotatable bonds is 7. The maximum Gasteiger partial charge on any atom is 0.264 e. The van der Waals surface area contributed by atoms with Crippen molar-refractivity contribution in [2.24, 2.45) is 0 Å². The second-order valence-electron chi connectivity index (χ2n) is 8.60. The summed E-state index contributed by atoms with van der Waals surface area (Å²) in [5.41, 5.74) is 2.92. The van der Waals surface area contributed by atoms with Crippen LogP contribution in [0.25, 0.3) is 0 Å². The van der Waals surface area contributed by atoms with Crippen molar-refractivity contribution in [1.29, 1.82) is 0 Å². The number of ether oxygens (including phenoxy) is 2. The van der Waals surface area contributed by atoms with Crippen LogP contribution >= 0.6 is 0 Å². The molecule has 1 aliphatic rings. The molecule has 184 valence electrons. The van der Waals surface area contributed by atoms with Crippen molar-refractivity contribution in [3.05, 3.63) is 83.4 Å². The molecule has 1 saturated heterocycles. The largest absolute Gasteiger partial charge is 0.497 e. The SMILES string of the molecule is COc1ccc(C2CCCN2C(=O)c2ccc(N(C)S(=O)(=O)c3ccc(C)cc3)cc2)c(OC)c1. The number of likely N-dealkylation sites (tertiary alicyclic amines) is 1. The van der Waals surface area contributed by atoms with Crippen molar-refractivity contribution in [2.45, 2.75) is 30.7 Å². The molecule has 3 aromatic carbocycles. The van der Waals surface area contributed by atoms with Gasteiger partial charge in [0.15, 0.2) is 0 Å². The number of hydrogen-bond acceptors (Lipinski definition) is 5. The zero-order valence-electron chi connectivity index (χ0n) is 20.4. The van der Waals surface area contributed by atoms with E-state index in [2.05, 4.69) is 0 Å². The van der Waals surface area contributed by atoms with E-state index in [4.69, 9.17) is 9.47 Å². The molecule has 0 N–H and O–H groups in total. The maximum absolute atomic E-state index is 13.4. The Morgan fingerprint density at radius 3 is 2.29 bits per heavy atom. The molecular weight excluding hydrogens is 464 g/mol. The highest BCUT2D eigenvalue weighted by Crippen LogP contribution is 2.39. The molecule has 7 nitrogen and oxygen atoms in total. The highest BCUT2D eigenvalue weighted by atomic mass is 32.2. The monoisotopic (exact) mass is 494 g/mol. The van der Waals surface area contributed by atoms with Crippen molar-refractivity contribution in [1.82, 2.24) is 4.90 Å². The molecule has 0 aromatic heterocycles. The van der Waals surface area contributed by atoms with E-state index in [1.165, 1.54) is 11.4 Å². The van der Waals surface area contributed by atoms with Gasteiger partial charge in [-0.25, -0.2) is 8.42 Å². The predicted molar refractivity (Wildman–Crippen MR) is 136 cm³/mol. The van der Waals surface area contributed by atoms with Gasteiger partial charge in [0, 0.05) is 30.8 Å². The zero-order chi connectivity index (χ0) is 25.2. The van der Waals surface area contributed by atoms with Crippen molar-refractivity contribution >= 4 is 21.6 Å². The highest BCUT2D eigenvalue weighted by molar-refractivity contribution is 7.92. The predicted octanol–water partition coefficient (Wildman–Crippen LogP) is 4.81. The second kappa shape index (κ2) is 10.00. The van der Waals surface area contributed by atoms with Gasteiger partial charge in [0.25, 0.3) is 15.9 Å². The summed E-state index contributed by atoms with van der Waals surface area (Å²) in [5.74, 6) is 1.29. The van der Waals surface area contributed by atoms with Crippen LogP contribution in [-0.2, 0) is 10.0 Å². The number of methoxy groups -OCH3 is 2. The van der Waals surface area contributed by atoms with Gasteiger partial charge < -0.3 is 14.4 Å². The number of carbonyl (C=O) groups excluding carboxylic acids is 1. The van der Waals surface area contributed by atoms with Crippen molar-refractivity contribution in [3.8, 4) is 11.5 Å². The van der Waals surface area contributed by atoms with E-state index in [0.717, 1.165) is 24.0 Å². The number of hydrogen-bond donors (Lipinski definition) is 0. The van der Waals surface area contributed by atoms with E-state index in [1.807, 2.05) is 30.0 Å². The number of anilines is 1. The molecule has 0 saturated carbocycles. The van der Waals surface area contributed by atoms with Gasteiger partial charge in [-0.3, -0.25) is 9.10 Å².